The standard InChI is InChI=1S/C20H20N4O4/c1-13-6-5-7-16(19(24-27-4)20(25)26-3)17(13)12-28-23-14(2)18-10-15(11-21)8-9-22-18/h5-10H,12H2,1-4H3/b23-14+,24-19+. The molecule has 0 aliphatic carbocycles. The average Bonchev–Trinajstić information content (AvgIpc) is 2.72. The summed E-state index contributed by atoms with van der Waals surface area (Å²) in [6.07, 6.45) is 1.54. The summed E-state index contributed by atoms with van der Waals surface area (Å²) in [6, 6.07) is 10.7. The van der Waals surface area contributed by atoms with Gasteiger partial charge in [-0.1, -0.05) is 28.5 Å². The highest BCUT2D eigenvalue weighted by atomic mass is 16.6. The number of esters is 1. The highest BCUT2D eigenvalue weighted by molar-refractivity contribution is 6.43. The van der Waals surface area contributed by atoms with Crippen molar-refractivity contribution < 1.29 is 19.2 Å². The smallest absolute Gasteiger partial charge is 0.360 e. The van der Waals surface area contributed by atoms with Gasteiger partial charge in [0.05, 0.1) is 24.4 Å². The van der Waals surface area contributed by atoms with Crippen LogP contribution in [0.3, 0.4) is 0 Å². The van der Waals surface area contributed by atoms with E-state index in [-0.39, 0.29) is 12.3 Å². The Hall–Kier alpha value is -3.73. The van der Waals surface area contributed by atoms with E-state index >= 15 is 0 Å². The Kier molecular flexibility index (Phi) is 7.22. The number of nitriles is 1. The lowest BCUT2D eigenvalue weighted by atomic mass is 9.99. The molecule has 0 bridgehead atoms. The first-order valence-corrected chi connectivity index (χ1v) is 8.33. The van der Waals surface area contributed by atoms with Crippen molar-refractivity contribution in [2.75, 3.05) is 14.2 Å². The second-order valence-electron chi connectivity index (χ2n) is 5.71. The molecule has 144 valence electrons. The van der Waals surface area contributed by atoms with Gasteiger partial charge in [0.1, 0.15) is 19.4 Å². The fourth-order valence-electron chi connectivity index (χ4n) is 2.44. The number of carbonyl (C=O) groups is 1. The third kappa shape index (κ3) is 4.92. The van der Waals surface area contributed by atoms with Gasteiger partial charge in [-0.15, -0.1) is 0 Å². The van der Waals surface area contributed by atoms with E-state index in [0.717, 1.165) is 11.1 Å². The summed E-state index contributed by atoms with van der Waals surface area (Å²) >= 11 is 0. The van der Waals surface area contributed by atoms with Gasteiger partial charge in [0.25, 0.3) is 0 Å². The van der Waals surface area contributed by atoms with Crippen molar-refractivity contribution >= 4 is 17.4 Å². The van der Waals surface area contributed by atoms with E-state index in [4.69, 9.17) is 19.7 Å². The van der Waals surface area contributed by atoms with Gasteiger partial charge in [0.2, 0.25) is 0 Å². The molecule has 8 heteroatoms. The Morgan fingerprint density at radius 3 is 2.71 bits per heavy atom. The lowest BCUT2D eigenvalue weighted by Crippen LogP contribution is -2.20. The maximum atomic E-state index is 12.1. The van der Waals surface area contributed by atoms with E-state index in [1.165, 1.54) is 20.4 Å². The first-order chi connectivity index (χ1) is 13.5. The fraction of sp³-hybridized carbons (Fsp3) is 0.250. The van der Waals surface area contributed by atoms with Gasteiger partial charge in [0, 0.05) is 17.3 Å². The number of pyridine rings is 1. The molecule has 0 N–H and O–H groups in total. The zero-order chi connectivity index (χ0) is 20.5. The van der Waals surface area contributed by atoms with Crippen molar-refractivity contribution in [3.8, 4) is 6.07 Å². The molecule has 0 unspecified atom stereocenters. The third-order valence-corrected chi connectivity index (χ3v) is 3.90. The van der Waals surface area contributed by atoms with Crippen LogP contribution in [-0.4, -0.2) is 36.6 Å². The molecule has 2 aromatic rings. The SMILES string of the molecule is CO/N=C(/C(=O)OC)c1cccc(C)c1CO/N=C(\C)c1cc(C#N)ccn1. The molecule has 1 aromatic carbocycles. The van der Waals surface area contributed by atoms with Crippen LogP contribution in [0.25, 0.3) is 0 Å². The largest absolute Gasteiger partial charge is 0.464 e. The summed E-state index contributed by atoms with van der Waals surface area (Å²) in [5.41, 5.74) is 3.73. The summed E-state index contributed by atoms with van der Waals surface area (Å²) in [6.45, 7) is 3.71. The number of ether oxygens (including phenoxy) is 1. The molecule has 2 rings (SSSR count). The van der Waals surface area contributed by atoms with E-state index in [1.807, 2.05) is 13.0 Å². The number of hydrogen-bond acceptors (Lipinski definition) is 8. The predicted octanol–water partition coefficient (Wildman–Crippen LogP) is 2.73. The Balaban J connectivity index is 2.28. The molecule has 0 fully saturated rings. The Bertz CT molecular complexity index is 961. The molecule has 0 aliphatic rings. The van der Waals surface area contributed by atoms with E-state index < -0.39 is 5.97 Å². The fourth-order valence-corrected chi connectivity index (χ4v) is 2.44. The first kappa shape index (κ1) is 20.6. The highest BCUT2D eigenvalue weighted by Crippen LogP contribution is 2.18. The summed E-state index contributed by atoms with van der Waals surface area (Å²) in [7, 11) is 2.63. The monoisotopic (exact) mass is 380 g/mol. The van der Waals surface area contributed by atoms with Gasteiger partial charge in [-0.25, -0.2) is 4.79 Å². The van der Waals surface area contributed by atoms with E-state index in [2.05, 4.69) is 21.4 Å². The number of nitrogens with zero attached hydrogens (tertiary/aromatic N) is 4. The molecule has 0 spiro atoms. The number of carbonyl (C=O) groups excluding carboxylic acids is 1. The topological polar surface area (TPSA) is 106 Å². The van der Waals surface area contributed by atoms with Gasteiger partial charge in [-0.05, 0) is 31.5 Å². The minimum atomic E-state index is -0.620. The summed E-state index contributed by atoms with van der Waals surface area (Å²) in [5, 5.41) is 16.8. The number of methoxy groups -OCH3 is 1. The Labute approximate surface area is 163 Å². The minimum Gasteiger partial charge on any atom is -0.464 e. The van der Waals surface area contributed by atoms with Gasteiger partial charge in [-0.2, -0.15) is 5.26 Å². The van der Waals surface area contributed by atoms with Crippen LogP contribution in [0.1, 0.15) is 34.9 Å². The van der Waals surface area contributed by atoms with Gasteiger partial charge in [-0.3, -0.25) is 4.98 Å². The quantitative estimate of drug-likeness (QED) is 0.415. The molecule has 0 atom stereocenters. The molecule has 1 heterocycles. The van der Waals surface area contributed by atoms with Crippen molar-refractivity contribution in [2.45, 2.75) is 20.5 Å². The number of aryl methyl sites for hydroxylation is 1. The molecule has 0 saturated heterocycles. The van der Waals surface area contributed by atoms with Gasteiger partial charge < -0.3 is 14.4 Å². The molecule has 28 heavy (non-hydrogen) atoms. The van der Waals surface area contributed by atoms with Crippen molar-refractivity contribution in [2.24, 2.45) is 10.3 Å². The molecule has 8 nitrogen and oxygen atoms in total. The van der Waals surface area contributed by atoms with E-state index in [0.29, 0.717) is 22.5 Å². The van der Waals surface area contributed by atoms with Crippen LogP contribution in [0.2, 0.25) is 0 Å². The maximum Gasteiger partial charge on any atom is 0.360 e. The Morgan fingerprint density at radius 1 is 1.25 bits per heavy atom. The molecule has 0 saturated carbocycles. The highest BCUT2D eigenvalue weighted by Gasteiger charge is 2.20. The lowest BCUT2D eigenvalue weighted by Gasteiger charge is -2.12. The van der Waals surface area contributed by atoms with Crippen LogP contribution in [-0.2, 0) is 25.8 Å². The van der Waals surface area contributed by atoms with E-state index in [1.54, 1.807) is 31.2 Å². The zero-order valence-electron chi connectivity index (χ0n) is 16.1. The predicted molar refractivity (Wildman–Crippen MR) is 103 cm³/mol. The summed E-state index contributed by atoms with van der Waals surface area (Å²) in [4.78, 5) is 26.5. The number of aromatic nitrogens is 1. The molecule has 0 amide bonds. The van der Waals surface area contributed by atoms with Crippen molar-refractivity contribution in [3.63, 3.8) is 0 Å². The van der Waals surface area contributed by atoms with Crippen LogP contribution in [0.5, 0.6) is 0 Å². The van der Waals surface area contributed by atoms with Crippen LogP contribution in [0.15, 0.2) is 46.8 Å². The lowest BCUT2D eigenvalue weighted by molar-refractivity contribution is -0.132. The summed E-state index contributed by atoms with van der Waals surface area (Å²) < 4.78 is 4.78. The average molecular weight is 380 g/mol. The summed E-state index contributed by atoms with van der Waals surface area (Å²) in [5.74, 6) is -0.620. The van der Waals surface area contributed by atoms with Gasteiger partial charge in [0.15, 0.2) is 5.71 Å². The molecular formula is C20H20N4O4. The van der Waals surface area contributed by atoms with Crippen LogP contribution in [0, 0.1) is 18.3 Å². The first-order valence-electron chi connectivity index (χ1n) is 8.33. The molecule has 1 aromatic heterocycles. The van der Waals surface area contributed by atoms with Crippen LogP contribution < -0.4 is 0 Å². The molecule has 0 radical (unpaired) electrons. The third-order valence-electron chi connectivity index (χ3n) is 3.90. The second-order valence-corrected chi connectivity index (χ2v) is 5.71. The van der Waals surface area contributed by atoms with Crippen molar-refractivity contribution in [1.29, 1.82) is 5.26 Å². The number of hydrogen-bond donors (Lipinski definition) is 0. The van der Waals surface area contributed by atoms with Crippen LogP contribution in [0.4, 0.5) is 0 Å². The maximum absolute atomic E-state index is 12.1. The number of rotatable bonds is 7. The minimum absolute atomic E-state index is 0.0383. The van der Waals surface area contributed by atoms with Crippen molar-refractivity contribution in [1.82, 2.24) is 4.98 Å². The number of oxime groups is 2. The Morgan fingerprint density at radius 2 is 2.04 bits per heavy atom. The van der Waals surface area contributed by atoms with E-state index in [9.17, 15) is 4.79 Å². The second kappa shape index (κ2) is 9.83. The van der Waals surface area contributed by atoms with Crippen LogP contribution >= 0.6 is 0 Å². The molecular weight excluding hydrogens is 360 g/mol. The normalized spacial score (nSPS) is 11.5. The van der Waals surface area contributed by atoms with Gasteiger partial charge >= 0.3 is 5.97 Å². The molecule has 0 aliphatic heterocycles. The zero-order valence-corrected chi connectivity index (χ0v) is 16.1. The number of benzene rings is 1. The van der Waals surface area contributed by atoms with Crippen molar-refractivity contribution in [3.05, 3.63) is 64.5 Å².